The lowest BCUT2D eigenvalue weighted by molar-refractivity contribution is 0.428. The van der Waals surface area contributed by atoms with Gasteiger partial charge in [-0.25, -0.2) is 0 Å². The van der Waals surface area contributed by atoms with Gasteiger partial charge in [0.25, 0.3) is 0 Å². The fourth-order valence-corrected chi connectivity index (χ4v) is 9.19. The first-order valence-corrected chi connectivity index (χ1v) is 22.1. The predicted octanol–water partition coefficient (Wildman–Crippen LogP) is 15.9. The fourth-order valence-electron chi connectivity index (χ4n) is 9.19. The maximum atomic E-state index is 2.57. The Labute approximate surface area is 348 Å². The van der Waals surface area contributed by atoms with Crippen LogP contribution in [0.2, 0.25) is 0 Å². The molecule has 1 aliphatic rings. The molecule has 0 aliphatic heterocycles. The number of hydrogen-bond donors (Lipinski definition) is 0. The third kappa shape index (κ3) is 7.89. The summed E-state index contributed by atoms with van der Waals surface area (Å²) in [6, 6.07) is 57.8. The second-order valence-electron chi connectivity index (χ2n) is 17.4. The van der Waals surface area contributed by atoms with Crippen molar-refractivity contribution in [2.75, 3.05) is 4.90 Å². The highest BCUT2D eigenvalue weighted by atomic mass is 15.2. The molecule has 0 spiro atoms. The van der Waals surface area contributed by atoms with Crippen molar-refractivity contribution in [2.45, 2.75) is 110 Å². The molecule has 0 fully saturated rings. The molecule has 0 unspecified atom stereocenters. The Morgan fingerprint density at radius 1 is 0.466 bits per heavy atom. The molecular weight excluding hydrogens is 699 g/mol. The van der Waals surface area contributed by atoms with Crippen LogP contribution in [0.5, 0.6) is 0 Å². The van der Waals surface area contributed by atoms with Crippen molar-refractivity contribution < 1.29 is 0 Å². The van der Waals surface area contributed by atoms with E-state index in [0.717, 1.165) is 44.9 Å². The van der Waals surface area contributed by atoms with E-state index in [2.05, 4.69) is 198 Å². The highest BCUT2D eigenvalue weighted by molar-refractivity contribution is 5.94. The lowest BCUT2D eigenvalue weighted by Gasteiger charge is -2.42. The van der Waals surface area contributed by atoms with E-state index < -0.39 is 0 Å². The second-order valence-corrected chi connectivity index (χ2v) is 17.4. The van der Waals surface area contributed by atoms with Gasteiger partial charge in [-0.3, -0.25) is 0 Å². The second kappa shape index (κ2) is 16.8. The SMILES string of the molecule is CCC(C)(CC)c1ccc(-c2cc(CCCc3ccc4c(c3)CC4)c3cc(-c4ccc(N(c5cccc(-c6ccccc6)c5)C(C)(CC)CC)cc4)ccc3c2)cc1. The summed E-state index contributed by atoms with van der Waals surface area (Å²) in [7, 11) is 0. The van der Waals surface area contributed by atoms with E-state index in [-0.39, 0.29) is 11.0 Å². The fraction of sp³-hybridized carbons (Fsp3) is 0.298. The van der Waals surface area contributed by atoms with Gasteiger partial charge >= 0.3 is 0 Å². The Hall–Kier alpha value is -5.40. The molecule has 0 aromatic heterocycles. The van der Waals surface area contributed by atoms with Crippen LogP contribution >= 0.6 is 0 Å². The maximum absolute atomic E-state index is 2.57. The molecule has 0 radical (unpaired) electrons. The molecule has 0 amide bonds. The Bertz CT molecular complexity index is 2480. The molecule has 7 aromatic rings. The van der Waals surface area contributed by atoms with Gasteiger partial charge in [0.05, 0.1) is 0 Å². The van der Waals surface area contributed by atoms with Gasteiger partial charge in [-0.15, -0.1) is 0 Å². The number of fused-ring (bicyclic) bond motifs is 2. The number of rotatable bonds is 15. The zero-order chi connectivity index (χ0) is 40.3. The highest BCUT2D eigenvalue weighted by Gasteiger charge is 2.30. The molecule has 0 atom stereocenters. The quantitative estimate of drug-likeness (QED) is 0.101. The third-order valence-corrected chi connectivity index (χ3v) is 14.1. The Morgan fingerprint density at radius 2 is 1.10 bits per heavy atom. The van der Waals surface area contributed by atoms with Crippen molar-refractivity contribution in [3.63, 3.8) is 0 Å². The summed E-state index contributed by atoms with van der Waals surface area (Å²) in [6.07, 6.45) is 10.2. The molecule has 0 saturated carbocycles. The van der Waals surface area contributed by atoms with E-state index in [1.807, 2.05) is 0 Å². The van der Waals surface area contributed by atoms with Gasteiger partial charge in [0.2, 0.25) is 0 Å². The molecule has 0 heterocycles. The molecular formula is C57H61N. The van der Waals surface area contributed by atoms with Gasteiger partial charge in [-0.05, 0) is 178 Å². The van der Waals surface area contributed by atoms with Crippen LogP contribution in [-0.4, -0.2) is 5.54 Å². The lowest BCUT2D eigenvalue weighted by Crippen LogP contribution is -2.42. The minimum absolute atomic E-state index is 0.0288. The van der Waals surface area contributed by atoms with Gasteiger partial charge in [0.15, 0.2) is 0 Å². The van der Waals surface area contributed by atoms with Gasteiger partial charge in [0.1, 0.15) is 0 Å². The van der Waals surface area contributed by atoms with E-state index in [4.69, 9.17) is 0 Å². The maximum Gasteiger partial charge on any atom is 0.0422 e. The van der Waals surface area contributed by atoms with Crippen LogP contribution < -0.4 is 4.90 Å². The average Bonchev–Trinajstić information content (AvgIpc) is 3.27. The minimum Gasteiger partial charge on any atom is -0.336 e. The molecule has 0 saturated heterocycles. The number of aryl methyl sites for hydroxylation is 4. The largest absolute Gasteiger partial charge is 0.336 e. The summed E-state index contributed by atoms with van der Waals surface area (Å²) in [5.74, 6) is 0. The van der Waals surface area contributed by atoms with Crippen LogP contribution in [0.1, 0.15) is 101 Å². The molecule has 1 aliphatic carbocycles. The monoisotopic (exact) mass is 759 g/mol. The van der Waals surface area contributed by atoms with Gasteiger partial charge < -0.3 is 4.90 Å². The van der Waals surface area contributed by atoms with E-state index in [1.165, 1.54) is 85.1 Å². The standard InChI is InChI=1S/C57H61N/c1-7-56(5,8-2)52-32-28-45(29-33-52)51-37-49(20-14-16-41-22-23-43-24-25-47(43)36-41)55-40-48(26-27-50(55)38-51)44-30-34-53(35-31-44)58(57(6,9-3)10-4)54-21-15-19-46(39-54)42-17-12-11-13-18-42/h11-13,15,17-19,21-23,26-40H,7-10,14,16,20,24-25H2,1-6H3. The van der Waals surface area contributed by atoms with Crippen molar-refractivity contribution in [3.05, 3.63) is 179 Å². The number of nitrogens with zero attached hydrogens (tertiary/aromatic N) is 1. The summed E-state index contributed by atoms with van der Waals surface area (Å²) >= 11 is 0. The van der Waals surface area contributed by atoms with Crippen molar-refractivity contribution in [3.8, 4) is 33.4 Å². The van der Waals surface area contributed by atoms with E-state index >= 15 is 0 Å². The summed E-state index contributed by atoms with van der Waals surface area (Å²) in [5.41, 5.74) is 17.7. The summed E-state index contributed by atoms with van der Waals surface area (Å²) < 4.78 is 0. The zero-order valence-corrected chi connectivity index (χ0v) is 35.7. The summed E-state index contributed by atoms with van der Waals surface area (Å²) in [5, 5.41) is 2.68. The first kappa shape index (κ1) is 39.4. The molecule has 8 rings (SSSR count). The van der Waals surface area contributed by atoms with E-state index in [0.29, 0.717) is 0 Å². The van der Waals surface area contributed by atoms with Crippen molar-refractivity contribution in [2.24, 2.45) is 0 Å². The average molecular weight is 760 g/mol. The Balaban J connectivity index is 1.13. The summed E-state index contributed by atoms with van der Waals surface area (Å²) in [4.78, 5) is 2.57. The molecule has 7 aromatic carbocycles. The van der Waals surface area contributed by atoms with E-state index in [9.17, 15) is 0 Å². The molecule has 294 valence electrons. The van der Waals surface area contributed by atoms with Crippen molar-refractivity contribution in [1.82, 2.24) is 0 Å². The van der Waals surface area contributed by atoms with Crippen LogP contribution in [-0.2, 0) is 31.1 Å². The minimum atomic E-state index is -0.0288. The van der Waals surface area contributed by atoms with Crippen molar-refractivity contribution >= 4 is 22.1 Å². The molecule has 1 nitrogen and oxygen atoms in total. The van der Waals surface area contributed by atoms with Crippen molar-refractivity contribution in [1.29, 1.82) is 0 Å². The van der Waals surface area contributed by atoms with Crippen LogP contribution in [0, 0.1) is 0 Å². The lowest BCUT2D eigenvalue weighted by atomic mass is 9.77. The van der Waals surface area contributed by atoms with Crippen LogP contribution in [0.4, 0.5) is 11.4 Å². The summed E-state index contributed by atoms with van der Waals surface area (Å²) in [6.45, 7) is 14.1. The molecule has 1 heteroatoms. The molecule has 0 bridgehead atoms. The smallest absolute Gasteiger partial charge is 0.0422 e. The number of anilines is 2. The molecule has 58 heavy (non-hydrogen) atoms. The predicted molar refractivity (Wildman–Crippen MR) is 252 cm³/mol. The van der Waals surface area contributed by atoms with Gasteiger partial charge in [-0.1, -0.05) is 150 Å². The van der Waals surface area contributed by atoms with Crippen LogP contribution in [0.15, 0.2) is 152 Å². The Morgan fingerprint density at radius 3 is 1.78 bits per heavy atom. The number of hydrogen-bond acceptors (Lipinski definition) is 1. The topological polar surface area (TPSA) is 3.24 Å². The first-order valence-electron chi connectivity index (χ1n) is 22.1. The Kier molecular flexibility index (Phi) is 11.4. The van der Waals surface area contributed by atoms with E-state index in [1.54, 1.807) is 11.1 Å². The van der Waals surface area contributed by atoms with Crippen LogP contribution in [0.25, 0.3) is 44.2 Å². The van der Waals surface area contributed by atoms with Crippen LogP contribution in [0.3, 0.4) is 0 Å². The third-order valence-electron chi connectivity index (χ3n) is 14.1. The first-order chi connectivity index (χ1) is 28.2. The normalized spacial score (nSPS) is 12.7. The highest BCUT2D eigenvalue weighted by Crippen LogP contribution is 2.41. The zero-order valence-electron chi connectivity index (χ0n) is 35.7. The molecule has 0 N–H and O–H groups in total. The number of benzene rings is 7. The van der Waals surface area contributed by atoms with Gasteiger partial charge in [0, 0.05) is 16.9 Å². The van der Waals surface area contributed by atoms with Gasteiger partial charge in [-0.2, -0.15) is 0 Å².